The lowest BCUT2D eigenvalue weighted by atomic mass is 10.0. The van der Waals surface area contributed by atoms with Crippen LogP contribution in [0, 0.1) is 0 Å². The molecule has 0 aliphatic heterocycles. The molecule has 0 aliphatic rings. The summed E-state index contributed by atoms with van der Waals surface area (Å²) in [4.78, 5) is 4.28. The molecule has 1 rings (SSSR count). The van der Waals surface area contributed by atoms with E-state index in [9.17, 15) is 5.11 Å². The molecule has 0 spiro atoms. The fraction of sp³-hybridized carbons (Fsp3) is 0.312. The zero-order valence-corrected chi connectivity index (χ0v) is 11.6. The first-order valence-corrected chi connectivity index (χ1v) is 6.29. The van der Waals surface area contributed by atoms with Gasteiger partial charge in [-0.25, -0.2) is 0 Å². The maximum absolute atomic E-state index is 9.19. The van der Waals surface area contributed by atoms with Crippen molar-refractivity contribution in [1.29, 1.82) is 0 Å². The minimum Gasteiger partial charge on any atom is -0.392 e. The fourth-order valence-electron chi connectivity index (χ4n) is 1.51. The SMILES string of the molecule is C=C/C=C(\C=C/C)Cc1ncccc1CO.CC. The van der Waals surface area contributed by atoms with Crippen molar-refractivity contribution in [2.24, 2.45) is 0 Å². The van der Waals surface area contributed by atoms with Gasteiger partial charge in [0.05, 0.1) is 12.3 Å². The van der Waals surface area contributed by atoms with Gasteiger partial charge in [-0.2, -0.15) is 0 Å². The largest absolute Gasteiger partial charge is 0.392 e. The van der Waals surface area contributed by atoms with E-state index in [4.69, 9.17) is 0 Å². The number of hydrogen-bond donors (Lipinski definition) is 1. The number of rotatable bonds is 5. The molecule has 0 aromatic carbocycles. The van der Waals surface area contributed by atoms with E-state index in [-0.39, 0.29) is 6.61 Å². The average molecular weight is 245 g/mol. The summed E-state index contributed by atoms with van der Waals surface area (Å²) >= 11 is 0. The van der Waals surface area contributed by atoms with Crippen molar-refractivity contribution in [1.82, 2.24) is 4.98 Å². The number of hydrogen-bond acceptors (Lipinski definition) is 2. The molecule has 0 amide bonds. The standard InChI is InChI=1S/C14H17NO.C2H6/c1-3-6-12(7-4-2)10-14-13(11-16)8-5-9-15-14;1-2/h3-9,16H,1,10-11H2,2H3;1-2H3/b7-4-,12-6+;. The third-order valence-corrected chi connectivity index (χ3v) is 2.24. The number of aromatic nitrogens is 1. The van der Waals surface area contributed by atoms with Crippen LogP contribution in [-0.2, 0) is 13.0 Å². The Morgan fingerprint density at radius 1 is 1.44 bits per heavy atom. The van der Waals surface area contributed by atoms with Crippen molar-refractivity contribution in [2.45, 2.75) is 33.8 Å². The normalized spacial score (nSPS) is 11.0. The molecule has 0 unspecified atom stereocenters. The maximum Gasteiger partial charge on any atom is 0.0699 e. The molecule has 0 bridgehead atoms. The van der Waals surface area contributed by atoms with Crippen molar-refractivity contribution in [3.05, 3.63) is 66.0 Å². The maximum atomic E-state index is 9.19. The minimum absolute atomic E-state index is 0.0282. The van der Waals surface area contributed by atoms with Crippen molar-refractivity contribution >= 4 is 0 Å². The lowest BCUT2D eigenvalue weighted by Crippen LogP contribution is -1.98. The summed E-state index contributed by atoms with van der Waals surface area (Å²) in [6, 6.07) is 3.73. The second-order valence-electron chi connectivity index (χ2n) is 3.42. The Morgan fingerprint density at radius 2 is 2.17 bits per heavy atom. The Bertz CT molecular complexity index is 405. The molecule has 18 heavy (non-hydrogen) atoms. The van der Waals surface area contributed by atoms with Crippen LogP contribution < -0.4 is 0 Å². The number of nitrogens with zero attached hydrogens (tertiary/aromatic N) is 1. The number of aliphatic hydroxyl groups is 1. The Morgan fingerprint density at radius 3 is 2.72 bits per heavy atom. The molecule has 1 aromatic rings. The molecule has 0 fully saturated rings. The van der Waals surface area contributed by atoms with Gasteiger partial charge >= 0.3 is 0 Å². The minimum atomic E-state index is 0.0282. The van der Waals surface area contributed by atoms with Crippen LogP contribution in [0.3, 0.4) is 0 Å². The van der Waals surface area contributed by atoms with E-state index in [0.717, 1.165) is 16.8 Å². The first-order valence-electron chi connectivity index (χ1n) is 6.29. The molecule has 1 N–H and O–H groups in total. The monoisotopic (exact) mass is 245 g/mol. The van der Waals surface area contributed by atoms with Crippen molar-refractivity contribution in [3.8, 4) is 0 Å². The van der Waals surface area contributed by atoms with E-state index in [1.807, 2.05) is 51.1 Å². The quantitative estimate of drug-likeness (QED) is 0.800. The van der Waals surface area contributed by atoms with Gasteiger partial charge in [-0.05, 0) is 24.1 Å². The first kappa shape index (κ1) is 16.3. The first-order chi connectivity index (χ1) is 8.81. The van der Waals surface area contributed by atoms with Crippen LogP contribution >= 0.6 is 0 Å². The second kappa shape index (κ2) is 10.5. The highest BCUT2D eigenvalue weighted by Gasteiger charge is 2.03. The Labute approximate surface area is 110 Å². The molecule has 0 atom stereocenters. The summed E-state index contributed by atoms with van der Waals surface area (Å²) in [6.45, 7) is 9.69. The molecular weight excluding hydrogens is 222 g/mol. The molecule has 1 aromatic heterocycles. The fourth-order valence-corrected chi connectivity index (χ4v) is 1.51. The van der Waals surface area contributed by atoms with E-state index in [2.05, 4.69) is 11.6 Å². The van der Waals surface area contributed by atoms with Gasteiger partial charge in [0.25, 0.3) is 0 Å². The second-order valence-corrected chi connectivity index (χ2v) is 3.42. The lowest BCUT2D eigenvalue weighted by molar-refractivity contribution is 0.280. The molecule has 2 heteroatoms. The zero-order valence-electron chi connectivity index (χ0n) is 11.6. The summed E-state index contributed by atoms with van der Waals surface area (Å²) in [6.07, 6.45) is 10.2. The van der Waals surface area contributed by atoms with Gasteiger partial charge in [0.2, 0.25) is 0 Å². The third kappa shape index (κ3) is 5.60. The molecule has 0 radical (unpaired) electrons. The lowest BCUT2D eigenvalue weighted by Gasteiger charge is -2.06. The molecule has 0 saturated heterocycles. The molecule has 0 aliphatic carbocycles. The molecule has 98 valence electrons. The Kier molecular flexibility index (Phi) is 9.51. The topological polar surface area (TPSA) is 33.1 Å². The predicted octanol–water partition coefficient (Wildman–Crippen LogP) is 3.83. The van der Waals surface area contributed by atoms with Crippen molar-refractivity contribution < 1.29 is 5.11 Å². The van der Waals surface area contributed by atoms with Crippen LogP contribution in [0.25, 0.3) is 0 Å². The van der Waals surface area contributed by atoms with Crippen LogP contribution in [0.5, 0.6) is 0 Å². The summed E-state index contributed by atoms with van der Waals surface area (Å²) in [5.41, 5.74) is 2.92. The van der Waals surface area contributed by atoms with E-state index in [1.54, 1.807) is 12.3 Å². The smallest absolute Gasteiger partial charge is 0.0699 e. The number of pyridine rings is 1. The Hall–Kier alpha value is -1.67. The van der Waals surface area contributed by atoms with Crippen molar-refractivity contribution in [2.75, 3.05) is 0 Å². The van der Waals surface area contributed by atoms with Crippen LogP contribution in [0.15, 0.2) is 54.8 Å². The molecular formula is C16H23NO. The average Bonchev–Trinajstić information content (AvgIpc) is 2.42. The highest BCUT2D eigenvalue weighted by atomic mass is 16.3. The summed E-state index contributed by atoms with van der Waals surface area (Å²) in [7, 11) is 0. The molecule has 1 heterocycles. The van der Waals surface area contributed by atoms with Gasteiger partial charge in [-0.1, -0.05) is 50.8 Å². The van der Waals surface area contributed by atoms with Gasteiger partial charge in [0, 0.05) is 12.6 Å². The predicted molar refractivity (Wildman–Crippen MR) is 78.3 cm³/mol. The van der Waals surface area contributed by atoms with Crippen LogP contribution in [0.2, 0.25) is 0 Å². The van der Waals surface area contributed by atoms with Crippen LogP contribution in [-0.4, -0.2) is 10.1 Å². The highest BCUT2D eigenvalue weighted by molar-refractivity contribution is 5.31. The van der Waals surface area contributed by atoms with Gasteiger partial charge in [-0.3, -0.25) is 4.98 Å². The Balaban J connectivity index is 0.00000137. The van der Waals surface area contributed by atoms with Gasteiger partial charge < -0.3 is 5.11 Å². The van der Waals surface area contributed by atoms with Gasteiger partial charge in [-0.15, -0.1) is 0 Å². The highest BCUT2D eigenvalue weighted by Crippen LogP contribution is 2.12. The number of aliphatic hydroxyl groups excluding tert-OH is 1. The third-order valence-electron chi connectivity index (χ3n) is 2.24. The number of allylic oxidation sites excluding steroid dienone is 5. The summed E-state index contributed by atoms with van der Waals surface area (Å²) in [5.74, 6) is 0. The van der Waals surface area contributed by atoms with E-state index >= 15 is 0 Å². The van der Waals surface area contributed by atoms with Gasteiger partial charge in [0.1, 0.15) is 0 Å². The van der Waals surface area contributed by atoms with Gasteiger partial charge in [0.15, 0.2) is 0 Å². The van der Waals surface area contributed by atoms with E-state index in [1.165, 1.54) is 0 Å². The molecule has 0 saturated carbocycles. The van der Waals surface area contributed by atoms with Crippen LogP contribution in [0.1, 0.15) is 32.0 Å². The summed E-state index contributed by atoms with van der Waals surface area (Å²) in [5, 5.41) is 9.19. The summed E-state index contributed by atoms with van der Waals surface area (Å²) < 4.78 is 0. The van der Waals surface area contributed by atoms with E-state index in [0.29, 0.717) is 6.42 Å². The molecule has 2 nitrogen and oxygen atoms in total. The van der Waals surface area contributed by atoms with E-state index < -0.39 is 0 Å². The van der Waals surface area contributed by atoms with Crippen molar-refractivity contribution in [3.63, 3.8) is 0 Å². The van der Waals surface area contributed by atoms with Crippen LogP contribution in [0.4, 0.5) is 0 Å². The zero-order chi connectivity index (χ0) is 13.8.